The first-order chi connectivity index (χ1) is 10.1. The third-order valence-corrected chi connectivity index (χ3v) is 4.01. The molecule has 0 saturated heterocycles. The Morgan fingerprint density at radius 3 is 2.19 bits per heavy atom. The zero-order valence-electron chi connectivity index (χ0n) is 11.2. The molecule has 0 unspecified atom stereocenters. The van der Waals surface area contributed by atoms with E-state index >= 15 is 0 Å². The smallest absolute Gasteiger partial charge is 0.273 e. The Labute approximate surface area is 121 Å². The number of hydrazine groups is 1. The number of nitrogens with two attached hydrogens (primary N) is 1. The Kier molecular flexibility index (Phi) is 2.33. The standard InChI is InChI=1S/C16H13N3O2/c17-12-5-6-14-11(7-12)9-19-15(20)13-4-2-1-3-10(13)8-18(19)16(14)21/h1-7H,8-9,17H2. The van der Waals surface area contributed by atoms with Crippen LogP contribution in [0.5, 0.6) is 0 Å². The molecule has 104 valence electrons. The van der Waals surface area contributed by atoms with Gasteiger partial charge in [-0.05, 0) is 35.4 Å². The molecule has 0 bridgehead atoms. The minimum atomic E-state index is -0.154. The van der Waals surface area contributed by atoms with Gasteiger partial charge in [-0.1, -0.05) is 18.2 Å². The van der Waals surface area contributed by atoms with Gasteiger partial charge in [0.05, 0.1) is 13.1 Å². The van der Waals surface area contributed by atoms with E-state index in [1.54, 1.807) is 24.3 Å². The lowest BCUT2D eigenvalue weighted by molar-refractivity contribution is -0.0218. The summed E-state index contributed by atoms with van der Waals surface area (Å²) in [6.07, 6.45) is 0. The van der Waals surface area contributed by atoms with Gasteiger partial charge in [0.25, 0.3) is 11.8 Å². The van der Waals surface area contributed by atoms with Crippen LogP contribution in [0, 0.1) is 0 Å². The fourth-order valence-corrected chi connectivity index (χ4v) is 2.95. The normalized spacial score (nSPS) is 16.4. The van der Waals surface area contributed by atoms with E-state index in [4.69, 9.17) is 5.73 Å². The van der Waals surface area contributed by atoms with Gasteiger partial charge in [-0.3, -0.25) is 9.59 Å². The minimum Gasteiger partial charge on any atom is -0.399 e. The van der Waals surface area contributed by atoms with Gasteiger partial charge in [-0.15, -0.1) is 0 Å². The van der Waals surface area contributed by atoms with E-state index in [1.807, 2.05) is 18.2 Å². The number of benzene rings is 2. The number of fused-ring (bicyclic) bond motifs is 3. The van der Waals surface area contributed by atoms with E-state index < -0.39 is 0 Å². The zero-order valence-corrected chi connectivity index (χ0v) is 11.2. The van der Waals surface area contributed by atoms with Gasteiger partial charge in [0.1, 0.15) is 0 Å². The molecule has 2 N–H and O–H groups in total. The van der Waals surface area contributed by atoms with Crippen LogP contribution in [0.1, 0.15) is 31.8 Å². The third kappa shape index (κ3) is 1.64. The molecule has 0 spiro atoms. The number of nitrogens with zero attached hydrogens (tertiary/aromatic N) is 2. The summed E-state index contributed by atoms with van der Waals surface area (Å²) in [5.41, 5.74) is 9.33. The molecule has 5 heteroatoms. The highest BCUT2D eigenvalue weighted by atomic mass is 16.2. The summed E-state index contributed by atoms with van der Waals surface area (Å²) >= 11 is 0. The second kappa shape index (κ2) is 4.09. The zero-order chi connectivity index (χ0) is 14.6. The Hall–Kier alpha value is -2.82. The van der Waals surface area contributed by atoms with Crippen molar-refractivity contribution >= 4 is 17.5 Å². The van der Waals surface area contributed by atoms with Crippen molar-refractivity contribution in [3.63, 3.8) is 0 Å². The van der Waals surface area contributed by atoms with Crippen molar-refractivity contribution in [2.45, 2.75) is 13.1 Å². The third-order valence-electron chi connectivity index (χ3n) is 4.01. The van der Waals surface area contributed by atoms with E-state index in [9.17, 15) is 9.59 Å². The van der Waals surface area contributed by atoms with Gasteiger partial charge in [-0.25, -0.2) is 10.0 Å². The van der Waals surface area contributed by atoms with Crippen molar-refractivity contribution in [2.75, 3.05) is 5.73 Å². The first kappa shape index (κ1) is 12.0. The molecule has 21 heavy (non-hydrogen) atoms. The second-order valence-corrected chi connectivity index (χ2v) is 5.30. The van der Waals surface area contributed by atoms with Gasteiger partial charge in [0, 0.05) is 16.8 Å². The lowest BCUT2D eigenvalue weighted by Gasteiger charge is -2.42. The lowest BCUT2D eigenvalue weighted by atomic mass is 9.98. The first-order valence-electron chi connectivity index (χ1n) is 6.75. The van der Waals surface area contributed by atoms with Crippen LogP contribution >= 0.6 is 0 Å². The summed E-state index contributed by atoms with van der Waals surface area (Å²) in [4.78, 5) is 25.2. The number of rotatable bonds is 0. The highest BCUT2D eigenvalue weighted by Gasteiger charge is 2.38. The maximum atomic E-state index is 12.6. The average Bonchev–Trinajstić information content (AvgIpc) is 2.49. The van der Waals surface area contributed by atoms with Crippen molar-refractivity contribution in [3.05, 3.63) is 64.7 Å². The van der Waals surface area contributed by atoms with Crippen molar-refractivity contribution in [1.29, 1.82) is 0 Å². The van der Waals surface area contributed by atoms with E-state index in [-0.39, 0.29) is 11.8 Å². The summed E-state index contributed by atoms with van der Waals surface area (Å²) in [5.74, 6) is -0.294. The van der Waals surface area contributed by atoms with Gasteiger partial charge < -0.3 is 5.73 Å². The lowest BCUT2D eigenvalue weighted by Crippen LogP contribution is -2.54. The van der Waals surface area contributed by atoms with Crippen molar-refractivity contribution in [2.24, 2.45) is 0 Å². The first-order valence-corrected chi connectivity index (χ1v) is 6.75. The van der Waals surface area contributed by atoms with Crippen LogP contribution in [-0.4, -0.2) is 21.8 Å². The molecule has 0 aliphatic carbocycles. The number of carbonyl (C=O) groups is 2. The highest BCUT2D eigenvalue weighted by Crippen LogP contribution is 2.31. The SMILES string of the molecule is Nc1ccc2c(c1)CN1C(=O)c3ccccc3CN1C2=O. The summed E-state index contributed by atoms with van der Waals surface area (Å²) < 4.78 is 0. The fourth-order valence-electron chi connectivity index (χ4n) is 2.95. The van der Waals surface area contributed by atoms with Crippen LogP contribution in [0.4, 0.5) is 5.69 Å². The molecule has 0 radical (unpaired) electrons. The van der Waals surface area contributed by atoms with E-state index in [1.165, 1.54) is 10.0 Å². The van der Waals surface area contributed by atoms with Crippen molar-refractivity contribution in [1.82, 2.24) is 10.0 Å². The van der Waals surface area contributed by atoms with Crippen LogP contribution in [0.2, 0.25) is 0 Å². The number of hydrogen-bond donors (Lipinski definition) is 1. The monoisotopic (exact) mass is 279 g/mol. The summed E-state index contributed by atoms with van der Waals surface area (Å²) in [6, 6.07) is 12.6. The van der Waals surface area contributed by atoms with E-state index in [2.05, 4.69) is 0 Å². The largest absolute Gasteiger partial charge is 0.399 e. The average molecular weight is 279 g/mol. The fraction of sp³-hybridized carbons (Fsp3) is 0.125. The van der Waals surface area contributed by atoms with E-state index in [0.29, 0.717) is 29.9 Å². The molecule has 0 atom stereocenters. The molecule has 0 aromatic heterocycles. The predicted molar refractivity (Wildman–Crippen MR) is 77.0 cm³/mol. The number of amides is 2. The Morgan fingerprint density at radius 2 is 1.43 bits per heavy atom. The van der Waals surface area contributed by atoms with Crippen LogP contribution in [0.15, 0.2) is 42.5 Å². The molecule has 2 aromatic carbocycles. The van der Waals surface area contributed by atoms with Crippen LogP contribution in [0.3, 0.4) is 0 Å². The number of hydrogen-bond acceptors (Lipinski definition) is 3. The summed E-state index contributed by atoms with van der Waals surface area (Å²) in [7, 11) is 0. The Morgan fingerprint density at radius 1 is 0.810 bits per heavy atom. The second-order valence-electron chi connectivity index (χ2n) is 5.30. The molecule has 2 aliphatic rings. The Balaban J connectivity index is 1.83. The van der Waals surface area contributed by atoms with Gasteiger partial charge in [0.2, 0.25) is 0 Å². The van der Waals surface area contributed by atoms with Crippen LogP contribution in [-0.2, 0) is 13.1 Å². The predicted octanol–water partition coefficient (Wildman–Crippen LogP) is 1.80. The van der Waals surface area contributed by atoms with Crippen LogP contribution in [0.25, 0.3) is 0 Å². The molecule has 2 aromatic rings. The van der Waals surface area contributed by atoms with Crippen molar-refractivity contribution < 1.29 is 9.59 Å². The van der Waals surface area contributed by atoms with E-state index in [0.717, 1.165) is 11.1 Å². The van der Waals surface area contributed by atoms with Crippen LogP contribution < -0.4 is 5.73 Å². The highest BCUT2D eigenvalue weighted by molar-refractivity contribution is 6.03. The molecule has 0 saturated carbocycles. The summed E-state index contributed by atoms with van der Waals surface area (Å²) in [6.45, 7) is 0.795. The quantitative estimate of drug-likeness (QED) is 0.748. The van der Waals surface area contributed by atoms with Gasteiger partial charge >= 0.3 is 0 Å². The molecular formula is C16H13N3O2. The maximum absolute atomic E-state index is 12.6. The summed E-state index contributed by atoms with van der Waals surface area (Å²) in [5, 5.41) is 3.02. The van der Waals surface area contributed by atoms with Crippen molar-refractivity contribution in [3.8, 4) is 0 Å². The molecular weight excluding hydrogens is 266 g/mol. The number of carbonyl (C=O) groups excluding carboxylic acids is 2. The molecule has 0 fully saturated rings. The topological polar surface area (TPSA) is 66.6 Å². The minimum absolute atomic E-state index is 0.140. The van der Waals surface area contributed by atoms with Gasteiger partial charge in [0.15, 0.2) is 0 Å². The molecule has 5 nitrogen and oxygen atoms in total. The molecule has 4 rings (SSSR count). The molecule has 2 aliphatic heterocycles. The number of nitrogen functional groups attached to an aromatic ring is 1. The molecule has 2 heterocycles. The Bertz CT molecular complexity index is 785. The molecule has 2 amide bonds. The maximum Gasteiger partial charge on any atom is 0.273 e. The van der Waals surface area contributed by atoms with Gasteiger partial charge in [-0.2, -0.15) is 0 Å². The number of anilines is 1.